The number of nitrogens with one attached hydrogen (secondary N) is 2. The van der Waals surface area contributed by atoms with Gasteiger partial charge in [0.2, 0.25) is 0 Å². The number of aromatic nitrogens is 2. The Hall–Kier alpha value is -2.58. The maximum Gasteiger partial charge on any atom is 0.257 e. The van der Waals surface area contributed by atoms with Gasteiger partial charge in [-0.25, -0.2) is 0 Å². The Labute approximate surface area is 117 Å². The fourth-order valence-corrected chi connectivity index (χ4v) is 1.69. The molecule has 0 aliphatic rings. The molecule has 0 unspecified atom stereocenters. The van der Waals surface area contributed by atoms with Crippen LogP contribution >= 0.6 is 0 Å². The molecule has 1 aromatic heterocycles. The fraction of sp³-hybridized carbons (Fsp3) is 0.200. The molecule has 0 bridgehead atoms. The second-order valence-electron chi connectivity index (χ2n) is 4.27. The zero-order valence-electron chi connectivity index (χ0n) is 11.1. The number of carbonyl (C=O) groups excluding carboxylic acids is 1. The summed E-state index contributed by atoms with van der Waals surface area (Å²) >= 11 is 0. The highest BCUT2D eigenvalue weighted by Crippen LogP contribution is 2.13. The van der Waals surface area contributed by atoms with Crippen LogP contribution in [0.4, 0.5) is 5.69 Å². The summed E-state index contributed by atoms with van der Waals surface area (Å²) in [5.41, 5.74) is 2.74. The molecule has 0 saturated carbocycles. The standard InChI is InChI=1S/C15H15N3O2/c1-11-5-6-12(4-2-3-7-19)14(8-11)15(20)18-13-9-16-17-10-13/h5-6,8-10,19H,3,7H2,1H3,(H,16,17)(H,18,20). The Kier molecular flexibility index (Phi) is 4.53. The Morgan fingerprint density at radius 3 is 3.05 bits per heavy atom. The Bertz CT molecular complexity index is 651. The number of carbonyl (C=O) groups is 1. The van der Waals surface area contributed by atoms with Gasteiger partial charge in [-0.15, -0.1) is 0 Å². The van der Waals surface area contributed by atoms with Crippen LogP contribution in [0.3, 0.4) is 0 Å². The molecule has 5 heteroatoms. The zero-order chi connectivity index (χ0) is 14.4. The topological polar surface area (TPSA) is 78.0 Å². The van der Waals surface area contributed by atoms with Crippen molar-refractivity contribution in [3.8, 4) is 11.8 Å². The highest BCUT2D eigenvalue weighted by molar-refractivity contribution is 6.06. The van der Waals surface area contributed by atoms with Crippen LogP contribution in [0, 0.1) is 18.8 Å². The molecule has 0 radical (unpaired) electrons. The van der Waals surface area contributed by atoms with Gasteiger partial charge in [-0.1, -0.05) is 23.5 Å². The van der Waals surface area contributed by atoms with Crippen LogP contribution in [-0.2, 0) is 0 Å². The van der Waals surface area contributed by atoms with Crippen LogP contribution in [0.15, 0.2) is 30.6 Å². The van der Waals surface area contributed by atoms with Gasteiger partial charge < -0.3 is 10.4 Å². The third kappa shape index (κ3) is 3.46. The first kappa shape index (κ1) is 13.8. The van der Waals surface area contributed by atoms with Gasteiger partial charge in [-0.2, -0.15) is 5.10 Å². The second-order valence-corrected chi connectivity index (χ2v) is 4.27. The molecule has 0 atom stereocenters. The van der Waals surface area contributed by atoms with Crippen LogP contribution in [0.2, 0.25) is 0 Å². The Morgan fingerprint density at radius 2 is 2.35 bits per heavy atom. The van der Waals surface area contributed by atoms with E-state index < -0.39 is 0 Å². The molecule has 2 aromatic rings. The predicted molar refractivity (Wildman–Crippen MR) is 76.3 cm³/mol. The molecule has 5 nitrogen and oxygen atoms in total. The molecule has 1 heterocycles. The van der Waals surface area contributed by atoms with Crippen molar-refractivity contribution in [2.45, 2.75) is 13.3 Å². The summed E-state index contributed by atoms with van der Waals surface area (Å²) in [5.74, 6) is 5.50. The van der Waals surface area contributed by atoms with Crippen molar-refractivity contribution >= 4 is 11.6 Å². The van der Waals surface area contributed by atoms with Crippen LogP contribution in [-0.4, -0.2) is 27.8 Å². The normalized spacial score (nSPS) is 9.70. The van der Waals surface area contributed by atoms with Crippen molar-refractivity contribution in [3.63, 3.8) is 0 Å². The summed E-state index contributed by atoms with van der Waals surface area (Å²) < 4.78 is 0. The summed E-state index contributed by atoms with van der Waals surface area (Å²) in [6, 6.07) is 5.50. The average molecular weight is 269 g/mol. The summed E-state index contributed by atoms with van der Waals surface area (Å²) in [7, 11) is 0. The van der Waals surface area contributed by atoms with E-state index in [9.17, 15) is 4.79 Å². The van der Waals surface area contributed by atoms with Gasteiger partial charge in [0.1, 0.15) is 0 Å². The average Bonchev–Trinajstić information content (AvgIpc) is 2.93. The molecule has 0 aliphatic heterocycles. The lowest BCUT2D eigenvalue weighted by Crippen LogP contribution is -2.13. The van der Waals surface area contributed by atoms with Gasteiger partial charge in [0.05, 0.1) is 24.1 Å². The predicted octanol–water partition coefficient (Wildman–Crippen LogP) is 1.70. The molecule has 20 heavy (non-hydrogen) atoms. The minimum atomic E-state index is -0.233. The lowest BCUT2D eigenvalue weighted by Gasteiger charge is -2.06. The number of aliphatic hydroxyl groups excluding tert-OH is 1. The number of nitrogens with zero attached hydrogens (tertiary/aromatic N) is 1. The van der Waals surface area contributed by atoms with Crippen LogP contribution in [0.25, 0.3) is 0 Å². The minimum absolute atomic E-state index is 0.00934. The first-order valence-corrected chi connectivity index (χ1v) is 6.21. The van der Waals surface area contributed by atoms with Gasteiger partial charge in [0.15, 0.2) is 0 Å². The lowest BCUT2D eigenvalue weighted by atomic mass is 10.0. The number of benzene rings is 1. The summed E-state index contributed by atoms with van der Waals surface area (Å²) in [5, 5.41) is 17.9. The van der Waals surface area contributed by atoms with Crippen molar-refractivity contribution in [2.24, 2.45) is 0 Å². The van der Waals surface area contributed by atoms with E-state index in [2.05, 4.69) is 27.4 Å². The largest absolute Gasteiger partial charge is 0.395 e. The molecule has 0 saturated heterocycles. The number of hydrogen-bond donors (Lipinski definition) is 3. The molecule has 102 valence electrons. The van der Waals surface area contributed by atoms with E-state index in [0.29, 0.717) is 23.2 Å². The summed E-state index contributed by atoms with van der Waals surface area (Å²) in [4.78, 5) is 12.2. The maximum atomic E-state index is 12.2. The van der Waals surface area contributed by atoms with Crippen molar-refractivity contribution in [1.29, 1.82) is 0 Å². The van der Waals surface area contributed by atoms with E-state index in [0.717, 1.165) is 5.56 Å². The van der Waals surface area contributed by atoms with E-state index >= 15 is 0 Å². The van der Waals surface area contributed by atoms with Crippen molar-refractivity contribution in [2.75, 3.05) is 11.9 Å². The molecule has 0 spiro atoms. The number of hydrogen-bond acceptors (Lipinski definition) is 3. The minimum Gasteiger partial charge on any atom is -0.395 e. The fourth-order valence-electron chi connectivity index (χ4n) is 1.69. The third-order valence-electron chi connectivity index (χ3n) is 2.64. The van der Waals surface area contributed by atoms with Gasteiger partial charge >= 0.3 is 0 Å². The molecule has 3 N–H and O–H groups in total. The Balaban J connectivity index is 2.27. The molecule has 1 amide bonds. The molecule has 0 aliphatic carbocycles. The smallest absolute Gasteiger partial charge is 0.257 e. The van der Waals surface area contributed by atoms with Crippen LogP contribution in [0.1, 0.15) is 27.9 Å². The number of rotatable bonds is 3. The monoisotopic (exact) mass is 269 g/mol. The van der Waals surface area contributed by atoms with Gasteiger partial charge in [-0.05, 0) is 19.1 Å². The maximum absolute atomic E-state index is 12.2. The highest BCUT2D eigenvalue weighted by atomic mass is 16.2. The molecular weight excluding hydrogens is 254 g/mol. The van der Waals surface area contributed by atoms with Crippen molar-refractivity contribution in [3.05, 3.63) is 47.3 Å². The molecule has 0 fully saturated rings. The number of aryl methyl sites for hydroxylation is 1. The highest BCUT2D eigenvalue weighted by Gasteiger charge is 2.11. The number of aliphatic hydroxyl groups is 1. The second kappa shape index (κ2) is 6.55. The van der Waals surface area contributed by atoms with Gasteiger partial charge in [-0.3, -0.25) is 9.89 Å². The van der Waals surface area contributed by atoms with E-state index in [1.807, 2.05) is 19.1 Å². The van der Waals surface area contributed by atoms with E-state index in [4.69, 9.17) is 5.11 Å². The lowest BCUT2D eigenvalue weighted by molar-refractivity contribution is 0.102. The van der Waals surface area contributed by atoms with Gasteiger partial charge in [0, 0.05) is 18.2 Å². The molecule has 2 rings (SSSR count). The van der Waals surface area contributed by atoms with Crippen LogP contribution in [0.5, 0.6) is 0 Å². The van der Waals surface area contributed by atoms with Gasteiger partial charge in [0.25, 0.3) is 5.91 Å². The van der Waals surface area contributed by atoms with E-state index in [1.54, 1.807) is 12.3 Å². The first-order valence-electron chi connectivity index (χ1n) is 6.21. The zero-order valence-corrected chi connectivity index (χ0v) is 11.1. The number of amides is 1. The summed E-state index contributed by atoms with van der Waals surface area (Å²) in [6.45, 7) is 1.93. The van der Waals surface area contributed by atoms with E-state index in [1.165, 1.54) is 6.20 Å². The Morgan fingerprint density at radius 1 is 1.50 bits per heavy atom. The molecule has 1 aromatic carbocycles. The van der Waals surface area contributed by atoms with Crippen molar-refractivity contribution in [1.82, 2.24) is 10.2 Å². The van der Waals surface area contributed by atoms with Crippen molar-refractivity contribution < 1.29 is 9.90 Å². The SMILES string of the molecule is Cc1ccc(C#CCCO)c(C(=O)Nc2cn[nH]c2)c1. The van der Waals surface area contributed by atoms with E-state index in [-0.39, 0.29) is 12.5 Å². The summed E-state index contributed by atoms with van der Waals surface area (Å²) in [6.07, 6.45) is 3.52. The van der Waals surface area contributed by atoms with Crippen LogP contribution < -0.4 is 5.32 Å². The number of aromatic amines is 1. The third-order valence-corrected chi connectivity index (χ3v) is 2.64. The number of anilines is 1. The quantitative estimate of drug-likeness (QED) is 0.742. The molecular formula is C15H15N3O2. The number of H-pyrrole nitrogens is 1. The first-order chi connectivity index (χ1) is 9.70.